The minimum absolute atomic E-state index is 0.136. The quantitative estimate of drug-likeness (QED) is 0.869. The summed E-state index contributed by atoms with van der Waals surface area (Å²) in [5.41, 5.74) is 3.03. The Morgan fingerprint density at radius 2 is 1.84 bits per heavy atom. The third kappa shape index (κ3) is 4.22. The highest BCUT2D eigenvalue weighted by Crippen LogP contribution is 2.26. The average molecular weight is 343 g/mol. The Labute approximate surface area is 150 Å². The molecule has 2 aliphatic heterocycles. The van der Waals surface area contributed by atoms with E-state index in [1.807, 2.05) is 0 Å². The molecule has 2 saturated heterocycles. The van der Waals surface area contributed by atoms with E-state index < -0.39 is 0 Å². The van der Waals surface area contributed by atoms with Crippen molar-refractivity contribution in [2.75, 3.05) is 45.9 Å². The molecule has 0 bridgehead atoms. The highest BCUT2D eigenvalue weighted by Gasteiger charge is 2.29. The zero-order chi connectivity index (χ0) is 17.1. The summed E-state index contributed by atoms with van der Waals surface area (Å²) in [7, 11) is 0. The number of fused-ring (bicyclic) bond motifs is 1. The Morgan fingerprint density at radius 3 is 2.48 bits per heavy atom. The van der Waals surface area contributed by atoms with Crippen molar-refractivity contribution in [3.8, 4) is 0 Å². The van der Waals surface area contributed by atoms with E-state index in [9.17, 15) is 4.79 Å². The summed E-state index contributed by atoms with van der Waals surface area (Å²) in [6, 6.07) is 9.48. The highest BCUT2D eigenvalue weighted by atomic mass is 16.5. The molecule has 136 valence electrons. The number of carbonyl (C=O) groups is 1. The van der Waals surface area contributed by atoms with Gasteiger partial charge in [-0.3, -0.25) is 14.6 Å². The van der Waals surface area contributed by atoms with Gasteiger partial charge in [-0.25, -0.2) is 0 Å². The van der Waals surface area contributed by atoms with Gasteiger partial charge >= 0.3 is 0 Å². The molecule has 0 unspecified atom stereocenters. The van der Waals surface area contributed by atoms with Crippen molar-refractivity contribution in [2.24, 2.45) is 0 Å². The van der Waals surface area contributed by atoms with Crippen LogP contribution >= 0.6 is 0 Å². The van der Waals surface area contributed by atoms with Crippen molar-refractivity contribution in [2.45, 2.75) is 37.8 Å². The van der Waals surface area contributed by atoms with E-state index in [1.165, 1.54) is 24.0 Å². The van der Waals surface area contributed by atoms with Gasteiger partial charge in [0.15, 0.2) is 0 Å². The fourth-order valence-electron chi connectivity index (χ4n) is 4.37. The number of hydrogen-bond donors (Lipinski definition) is 1. The lowest BCUT2D eigenvalue weighted by atomic mass is 10.1. The van der Waals surface area contributed by atoms with Crippen LogP contribution in [0.15, 0.2) is 24.3 Å². The second-order valence-corrected chi connectivity index (χ2v) is 7.58. The van der Waals surface area contributed by atoms with Gasteiger partial charge in [-0.2, -0.15) is 0 Å². The molecule has 0 aromatic heterocycles. The standard InChI is InChI=1S/C20H29N3O2/c24-20(21-14-19-6-3-11-25-19)15-22-7-9-23(10-8-22)18-12-16-4-1-2-5-17(16)13-18/h1-2,4-5,18-19H,3,6-15H2,(H,21,24)/t19-/m0/s1. The third-order valence-corrected chi connectivity index (χ3v) is 5.87. The van der Waals surface area contributed by atoms with Gasteiger partial charge in [0.2, 0.25) is 5.91 Å². The van der Waals surface area contributed by atoms with Gasteiger partial charge in [-0.1, -0.05) is 24.3 Å². The number of nitrogens with zero attached hydrogens (tertiary/aromatic N) is 2. The maximum atomic E-state index is 12.1. The number of benzene rings is 1. The normalized spacial score (nSPS) is 25.2. The van der Waals surface area contributed by atoms with Crippen LogP contribution in [0.25, 0.3) is 0 Å². The summed E-state index contributed by atoms with van der Waals surface area (Å²) in [5, 5.41) is 3.03. The SMILES string of the molecule is O=C(CN1CCN(C2Cc3ccccc3C2)CC1)NC[C@@H]1CCCO1. The molecule has 0 saturated carbocycles. The first kappa shape index (κ1) is 17.0. The Bertz CT molecular complexity index is 567. The lowest BCUT2D eigenvalue weighted by molar-refractivity contribution is -0.123. The van der Waals surface area contributed by atoms with Crippen LogP contribution in [0.4, 0.5) is 0 Å². The maximum absolute atomic E-state index is 12.1. The molecule has 2 fully saturated rings. The van der Waals surface area contributed by atoms with Crippen molar-refractivity contribution in [3.63, 3.8) is 0 Å². The molecule has 4 rings (SSSR count). The van der Waals surface area contributed by atoms with Gasteiger partial charge in [0.25, 0.3) is 0 Å². The van der Waals surface area contributed by atoms with Crippen LogP contribution in [0, 0.1) is 0 Å². The van der Waals surface area contributed by atoms with E-state index in [2.05, 4.69) is 39.4 Å². The van der Waals surface area contributed by atoms with E-state index >= 15 is 0 Å². The Morgan fingerprint density at radius 1 is 1.12 bits per heavy atom. The molecule has 25 heavy (non-hydrogen) atoms. The average Bonchev–Trinajstić information content (AvgIpc) is 3.30. The van der Waals surface area contributed by atoms with Crippen LogP contribution in [-0.2, 0) is 22.4 Å². The van der Waals surface area contributed by atoms with Crippen LogP contribution < -0.4 is 5.32 Å². The molecule has 3 aliphatic rings. The molecule has 2 heterocycles. The van der Waals surface area contributed by atoms with Gasteiger partial charge < -0.3 is 10.1 Å². The maximum Gasteiger partial charge on any atom is 0.234 e. The molecule has 1 atom stereocenters. The lowest BCUT2D eigenvalue weighted by Gasteiger charge is -2.37. The van der Waals surface area contributed by atoms with Crippen molar-refractivity contribution in [1.82, 2.24) is 15.1 Å². The first-order valence-corrected chi connectivity index (χ1v) is 9.69. The number of ether oxygens (including phenoxy) is 1. The van der Waals surface area contributed by atoms with Crippen molar-refractivity contribution in [3.05, 3.63) is 35.4 Å². The number of nitrogens with one attached hydrogen (secondary N) is 1. The molecular weight excluding hydrogens is 314 g/mol. The summed E-state index contributed by atoms with van der Waals surface area (Å²) in [6.07, 6.45) is 4.77. The van der Waals surface area contributed by atoms with Crippen molar-refractivity contribution in [1.29, 1.82) is 0 Å². The number of amides is 1. The van der Waals surface area contributed by atoms with Gasteiger partial charge in [-0.05, 0) is 36.8 Å². The van der Waals surface area contributed by atoms with Crippen molar-refractivity contribution >= 4 is 5.91 Å². The predicted octanol–water partition coefficient (Wildman–Crippen LogP) is 1.07. The first-order chi connectivity index (χ1) is 12.3. The van der Waals surface area contributed by atoms with Gasteiger partial charge in [0, 0.05) is 45.4 Å². The monoisotopic (exact) mass is 343 g/mol. The van der Waals surface area contributed by atoms with Gasteiger partial charge in [0.05, 0.1) is 12.6 Å². The smallest absolute Gasteiger partial charge is 0.234 e. The Hall–Kier alpha value is -1.43. The largest absolute Gasteiger partial charge is 0.376 e. The molecule has 5 heteroatoms. The second-order valence-electron chi connectivity index (χ2n) is 7.58. The third-order valence-electron chi connectivity index (χ3n) is 5.87. The van der Waals surface area contributed by atoms with E-state index in [0.29, 0.717) is 19.1 Å². The Kier molecular flexibility index (Phi) is 5.34. The summed E-state index contributed by atoms with van der Waals surface area (Å²) in [4.78, 5) is 17.0. The minimum atomic E-state index is 0.136. The molecule has 5 nitrogen and oxygen atoms in total. The summed E-state index contributed by atoms with van der Waals surface area (Å²) in [6.45, 7) is 6.13. The molecule has 1 aromatic rings. The highest BCUT2D eigenvalue weighted by molar-refractivity contribution is 5.78. The molecule has 0 spiro atoms. The zero-order valence-corrected chi connectivity index (χ0v) is 15.0. The van der Waals surface area contributed by atoms with Crippen molar-refractivity contribution < 1.29 is 9.53 Å². The molecule has 1 aliphatic carbocycles. The second kappa shape index (κ2) is 7.85. The zero-order valence-electron chi connectivity index (χ0n) is 15.0. The minimum Gasteiger partial charge on any atom is -0.376 e. The van der Waals surface area contributed by atoms with E-state index in [1.54, 1.807) is 0 Å². The Balaban J connectivity index is 1.18. The van der Waals surface area contributed by atoms with E-state index in [-0.39, 0.29) is 12.0 Å². The number of piperazine rings is 1. The van der Waals surface area contributed by atoms with Crippen LogP contribution in [0.2, 0.25) is 0 Å². The number of rotatable bonds is 5. The number of hydrogen-bond acceptors (Lipinski definition) is 4. The van der Waals surface area contributed by atoms with Crippen LogP contribution in [-0.4, -0.2) is 73.7 Å². The molecular formula is C20H29N3O2. The van der Waals surface area contributed by atoms with Crippen LogP contribution in [0.5, 0.6) is 0 Å². The molecule has 0 radical (unpaired) electrons. The predicted molar refractivity (Wildman–Crippen MR) is 97.6 cm³/mol. The first-order valence-electron chi connectivity index (χ1n) is 9.69. The lowest BCUT2D eigenvalue weighted by Crippen LogP contribution is -2.52. The summed E-state index contributed by atoms with van der Waals surface area (Å²) < 4.78 is 5.56. The van der Waals surface area contributed by atoms with Gasteiger partial charge in [-0.15, -0.1) is 0 Å². The van der Waals surface area contributed by atoms with Gasteiger partial charge in [0.1, 0.15) is 0 Å². The molecule has 1 amide bonds. The summed E-state index contributed by atoms with van der Waals surface area (Å²) >= 11 is 0. The topological polar surface area (TPSA) is 44.8 Å². The molecule has 1 N–H and O–H groups in total. The van der Waals surface area contributed by atoms with Crippen LogP contribution in [0.3, 0.4) is 0 Å². The van der Waals surface area contributed by atoms with E-state index in [4.69, 9.17) is 4.74 Å². The summed E-state index contributed by atoms with van der Waals surface area (Å²) in [5.74, 6) is 0.136. The fourth-order valence-corrected chi connectivity index (χ4v) is 4.37. The van der Waals surface area contributed by atoms with Crippen LogP contribution in [0.1, 0.15) is 24.0 Å². The fraction of sp³-hybridized carbons (Fsp3) is 0.650. The molecule has 1 aromatic carbocycles. The van der Waals surface area contributed by atoms with E-state index in [0.717, 1.165) is 45.6 Å². The number of carbonyl (C=O) groups excluding carboxylic acids is 1.